The molecule has 0 spiro atoms. The fourth-order valence-corrected chi connectivity index (χ4v) is 4.44. The number of nitrogens with zero attached hydrogens (tertiary/aromatic N) is 8. The van der Waals surface area contributed by atoms with Gasteiger partial charge < -0.3 is 15.1 Å². The zero-order chi connectivity index (χ0) is 27.6. The van der Waals surface area contributed by atoms with Crippen LogP contribution in [0.5, 0.6) is 0 Å². The summed E-state index contributed by atoms with van der Waals surface area (Å²) in [5.74, 6) is 0.217. The number of nitro groups is 1. The third kappa shape index (κ3) is 4.62. The largest absolute Gasteiger partial charge is 0.455 e. The number of non-ortho nitro benzene ring substituents is 1. The number of furan rings is 1. The molecule has 0 bridgehead atoms. The molecule has 5 aromatic rings. The summed E-state index contributed by atoms with van der Waals surface area (Å²) in [5, 5.41) is 30.6. The van der Waals surface area contributed by atoms with Crippen LogP contribution in [0.3, 0.4) is 0 Å². The van der Waals surface area contributed by atoms with Crippen LogP contribution >= 0.6 is 0 Å². The average molecular weight is 541 g/mol. The lowest BCUT2D eigenvalue weighted by atomic mass is 10.1. The summed E-state index contributed by atoms with van der Waals surface area (Å²) in [6, 6.07) is 17.3. The first kappa shape index (κ1) is 24.5. The fourth-order valence-electron chi connectivity index (χ4n) is 4.44. The highest BCUT2D eigenvalue weighted by atomic mass is 16.6. The Bertz CT molecular complexity index is 1750. The quantitative estimate of drug-likeness (QED) is 0.167. The van der Waals surface area contributed by atoms with E-state index in [1.54, 1.807) is 24.3 Å². The highest BCUT2D eigenvalue weighted by Gasteiger charge is 2.28. The Morgan fingerprint density at radius 1 is 1.18 bits per heavy atom. The van der Waals surface area contributed by atoms with Gasteiger partial charge in [-0.15, -0.1) is 5.10 Å². The molecule has 1 aliphatic rings. The number of rotatable bonds is 8. The van der Waals surface area contributed by atoms with Gasteiger partial charge in [-0.05, 0) is 40.5 Å². The van der Waals surface area contributed by atoms with Gasteiger partial charge in [-0.25, -0.2) is 10.1 Å². The molecule has 6 rings (SSSR count). The Morgan fingerprint density at radius 2 is 2.05 bits per heavy atom. The number of benzene rings is 2. The van der Waals surface area contributed by atoms with E-state index in [4.69, 9.17) is 14.8 Å². The van der Waals surface area contributed by atoms with E-state index in [1.165, 1.54) is 28.6 Å². The number of anilines is 2. The Labute approximate surface area is 225 Å². The van der Waals surface area contributed by atoms with Gasteiger partial charge >= 0.3 is 0 Å². The van der Waals surface area contributed by atoms with Crippen LogP contribution in [0.25, 0.3) is 17.1 Å². The SMILES string of the molecule is Nc1nonc1-n1nnc(C(=O)N/N=C/c2ccc(-c3cccc([N+](=O)[O-])c3)o2)c1CN1CCc2ccccc21. The van der Waals surface area contributed by atoms with E-state index in [0.717, 1.165) is 18.7 Å². The molecule has 200 valence electrons. The van der Waals surface area contributed by atoms with E-state index in [-0.39, 0.29) is 29.6 Å². The van der Waals surface area contributed by atoms with Crippen molar-refractivity contribution in [3.05, 3.63) is 93.5 Å². The van der Waals surface area contributed by atoms with E-state index >= 15 is 0 Å². The molecule has 15 nitrogen and oxygen atoms in total. The van der Waals surface area contributed by atoms with Crippen LogP contribution < -0.4 is 16.1 Å². The maximum Gasteiger partial charge on any atom is 0.293 e. The monoisotopic (exact) mass is 540 g/mol. The number of hydrazone groups is 1. The number of carbonyl (C=O) groups is 1. The van der Waals surface area contributed by atoms with Crippen molar-refractivity contribution in [1.82, 2.24) is 30.7 Å². The molecule has 0 aliphatic carbocycles. The number of para-hydroxylation sites is 1. The van der Waals surface area contributed by atoms with Crippen molar-refractivity contribution in [2.45, 2.75) is 13.0 Å². The van der Waals surface area contributed by atoms with Gasteiger partial charge in [-0.3, -0.25) is 14.9 Å². The second-order valence-corrected chi connectivity index (χ2v) is 8.78. The van der Waals surface area contributed by atoms with E-state index in [9.17, 15) is 14.9 Å². The van der Waals surface area contributed by atoms with Gasteiger partial charge in [-0.2, -0.15) is 9.78 Å². The second-order valence-electron chi connectivity index (χ2n) is 8.78. The van der Waals surface area contributed by atoms with Crippen LogP contribution in [0.15, 0.2) is 74.8 Å². The molecule has 0 saturated heterocycles. The molecule has 4 heterocycles. The number of amides is 1. The highest BCUT2D eigenvalue weighted by Crippen LogP contribution is 2.30. The Balaban J connectivity index is 1.22. The zero-order valence-corrected chi connectivity index (χ0v) is 20.7. The number of nitrogens with one attached hydrogen (secondary N) is 1. The Morgan fingerprint density at radius 3 is 2.88 bits per heavy atom. The number of hydrogen-bond donors (Lipinski definition) is 2. The molecular formula is C25H20N10O5. The van der Waals surface area contributed by atoms with Gasteiger partial charge in [0.1, 0.15) is 11.5 Å². The van der Waals surface area contributed by atoms with Crippen molar-refractivity contribution in [1.29, 1.82) is 0 Å². The summed E-state index contributed by atoms with van der Waals surface area (Å²) in [6.07, 6.45) is 2.16. The number of aromatic nitrogens is 5. The van der Waals surface area contributed by atoms with Gasteiger partial charge in [0.05, 0.1) is 23.4 Å². The van der Waals surface area contributed by atoms with Crippen LogP contribution in [0, 0.1) is 10.1 Å². The molecule has 3 N–H and O–H groups in total. The fraction of sp³-hybridized carbons (Fsp3) is 0.120. The molecule has 1 amide bonds. The Hall–Kier alpha value is -5.86. The number of fused-ring (bicyclic) bond motifs is 1. The maximum atomic E-state index is 13.1. The first-order valence-corrected chi connectivity index (χ1v) is 12.0. The predicted octanol–water partition coefficient (Wildman–Crippen LogP) is 2.73. The molecule has 1 aliphatic heterocycles. The highest BCUT2D eigenvalue weighted by molar-refractivity contribution is 5.94. The van der Waals surface area contributed by atoms with Gasteiger partial charge in [0.15, 0.2) is 5.69 Å². The van der Waals surface area contributed by atoms with Crippen LogP contribution in [0.2, 0.25) is 0 Å². The predicted molar refractivity (Wildman–Crippen MR) is 141 cm³/mol. The third-order valence-corrected chi connectivity index (χ3v) is 6.32. The first-order chi connectivity index (χ1) is 19.5. The number of hydrogen-bond acceptors (Lipinski definition) is 12. The summed E-state index contributed by atoms with van der Waals surface area (Å²) in [6.45, 7) is 1.02. The molecule has 3 aromatic heterocycles. The first-order valence-electron chi connectivity index (χ1n) is 12.0. The lowest BCUT2D eigenvalue weighted by Crippen LogP contribution is -2.26. The molecule has 15 heteroatoms. The number of nitro benzene ring substituents is 1. The molecule has 0 saturated carbocycles. The van der Waals surface area contributed by atoms with Gasteiger partial charge in [0.25, 0.3) is 11.6 Å². The number of nitrogens with two attached hydrogens (primary N) is 1. The van der Waals surface area contributed by atoms with E-state index in [2.05, 4.69) is 42.1 Å². The smallest absolute Gasteiger partial charge is 0.293 e. The van der Waals surface area contributed by atoms with Crippen LogP contribution in [-0.4, -0.2) is 48.9 Å². The minimum atomic E-state index is -0.620. The normalized spacial score (nSPS) is 12.7. The lowest BCUT2D eigenvalue weighted by Gasteiger charge is -2.19. The lowest BCUT2D eigenvalue weighted by molar-refractivity contribution is -0.384. The van der Waals surface area contributed by atoms with Crippen molar-refractivity contribution in [3.63, 3.8) is 0 Å². The van der Waals surface area contributed by atoms with Crippen molar-refractivity contribution >= 4 is 29.3 Å². The van der Waals surface area contributed by atoms with E-state index in [1.807, 2.05) is 18.2 Å². The second kappa shape index (κ2) is 10.1. The van der Waals surface area contributed by atoms with Crippen molar-refractivity contribution in [2.24, 2.45) is 5.10 Å². The number of nitrogen functional groups attached to an aromatic ring is 1. The van der Waals surface area contributed by atoms with Gasteiger partial charge in [0, 0.05) is 29.9 Å². The molecule has 0 atom stereocenters. The van der Waals surface area contributed by atoms with Crippen LogP contribution in [0.1, 0.15) is 27.5 Å². The molecule has 0 radical (unpaired) electrons. The van der Waals surface area contributed by atoms with E-state index < -0.39 is 10.8 Å². The summed E-state index contributed by atoms with van der Waals surface area (Å²) in [7, 11) is 0. The molecule has 2 aromatic carbocycles. The van der Waals surface area contributed by atoms with Crippen molar-refractivity contribution < 1.29 is 18.8 Å². The molecule has 0 fully saturated rings. The Kier molecular flexibility index (Phi) is 6.20. The van der Waals surface area contributed by atoms with Gasteiger partial charge in [-0.1, -0.05) is 35.5 Å². The van der Waals surface area contributed by atoms with Crippen LogP contribution in [-0.2, 0) is 13.0 Å². The summed E-state index contributed by atoms with van der Waals surface area (Å²) in [5.41, 5.74) is 11.5. The zero-order valence-electron chi connectivity index (χ0n) is 20.7. The molecular weight excluding hydrogens is 520 g/mol. The van der Waals surface area contributed by atoms with Crippen LogP contribution in [0.4, 0.5) is 17.2 Å². The topological polar surface area (TPSA) is 197 Å². The summed E-state index contributed by atoms with van der Waals surface area (Å²) in [4.78, 5) is 25.8. The summed E-state index contributed by atoms with van der Waals surface area (Å²) < 4.78 is 11.7. The third-order valence-electron chi connectivity index (χ3n) is 6.32. The standard InChI is InChI=1S/C25H20N10O5/c26-23-24(31-40-30-23)34-20(14-33-11-10-15-4-1-2-7-19(15)33)22(28-32-34)25(36)29-27-13-18-8-9-21(39-18)16-5-3-6-17(12-16)35(37)38/h1-9,12-13H,10-11,14H2,(H2,26,30)(H,29,36)/b27-13+. The minimum Gasteiger partial charge on any atom is -0.455 e. The van der Waals surface area contributed by atoms with E-state index in [0.29, 0.717) is 22.8 Å². The average Bonchev–Trinajstić information content (AvgIpc) is 3.76. The molecule has 40 heavy (non-hydrogen) atoms. The minimum absolute atomic E-state index is 0.00433. The maximum absolute atomic E-state index is 13.1. The summed E-state index contributed by atoms with van der Waals surface area (Å²) >= 11 is 0. The number of carbonyl (C=O) groups excluding carboxylic acids is 1. The van der Waals surface area contributed by atoms with Crippen molar-refractivity contribution in [3.8, 4) is 17.1 Å². The van der Waals surface area contributed by atoms with Crippen molar-refractivity contribution in [2.75, 3.05) is 17.2 Å². The van der Waals surface area contributed by atoms with Gasteiger partial charge in [0.2, 0.25) is 11.6 Å². The molecule has 0 unspecified atom stereocenters.